The van der Waals surface area contributed by atoms with Gasteiger partial charge in [0.2, 0.25) is 0 Å². The monoisotopic (exact) mass is 245 g/mol. The second-order valence-corrected chi connectivity index (χ2v) is 4.80. The van der Waals surface area contributed by atoms with Gasteiger partial charge in [-0.15, -0.1) is 11.8 Å². The van der Waals surface area contributed by atoms with Crippen molar-refractivity contribution >= 4 is 17.4 Å². The van der Waals surface area contributed by atoms with Crippen LogP contribution in [0.4, 0.5) is 5.69 Å². The van der Waals surface area contributed by atoms with Gasteiger partial charge in [-0.25, -0.2) is 4.98 Å². The summed E-state index contributed by atoms with van der Waals surface area (Å²) in [6.07, 6.45) is 5.20. The normalized spacial score (nSPS) is 10.2. The Morgan fingerprint density at radius 1 is 1.18 bits per heavy atom. The fourth-order valence-electron chi connectivity index (χ4n) is 1.38. The summed E-state index contributed by atoms with van der Waals surface area (Å²) in [4.78, 5) is 8.24. The molecule has 0 aliphatic heterocycles. The van der Waals surface area contributed by atoms with Crippen molar-refractivity contribution in [2.45, 2.75) is 11.9 Å². The molecule has 1 heterocycles. The van der Waals surface area contributed by atoms with E-state index in [1.165, 1.54) is 5.56 Å². The summed E-state index contributed by atoms with van der Waals surface area (Å²) < 4.78 is 0. The number of hydrogen-bond acceptors (Lipinski definition) is 4. The minimum atomic E-state index is 0.921. The summed E-state index contributed by atoms with van der Waals surface area (Å²) >= 11 is 1.71. The first kappa shape index (κ1) is 11.9. The van der Waals surface area contributed by atoms with E-state index in [0.29, 0.717) is 0 Å². The Labute approximate surface area is 106 Å². The van der Waals surface area contributed by atoms with Crippen molar-refractivity contribution in [2.24, 2.45) is 0 Å². The molecule has 0 amide bonds. The number of thioether (sulfide) groups is 1. The summed E-state index contributed by atoms with van der Waals surface area (Å²) in [5.41, 5.74) is 2.44. The molecule has 0 saturated heterocycles. The number of nitrogens with one attached hydrogen (secondary N) is 1. The number of benzene rings is 1. The first-order valence-corrected chi connectivity index (χ1v) is 6.52. The molecule has 3 nitrogen and oxygen atoms in total. The predicted octanol–water partition coefficient (Wildman–Crippen LogP) is 2.99. The highest BCUT2D eigenvalue weighted by Crippen LogP contribution is 2.13. The van der Waals surface area contributed by atoms with Crippen LogP contribution in [0.5, 0.6) is 0 Å². The van der Waals surface area contributed by atoms with Gasteiger partial charge in [0, 0.05) is 30.4 Å². The minimum absolute atomic E-state index is 0.921. The Bertz CT molecular complexity index is 442. The van der Waals surface area contributed by atoms with Gasteiger partial charge in [-0.2, -0.15) is 0 Å². The second kappa shape index (κ2) is 6.25. The van der Waals surface area contributed by atoms with E-state index in [0.717, 1.165) is 23.0 Å². The molecule has 1 aromatic heterocycles. The fraction of sp³-hybridized carbons (Fsp3) is 0.231. The Morgan fingerprint density at radius 2 is 2.00 bits per heavy atom. The Morgan fingerprint density at radius 3 is 2.71 bits per heavy atom. The summed E-state index contributed by atoms with van der Waals surface area (Å²) in [6, 6.07) is 8.42. The predicted molar refractivity (Wildman–Crippen MR) is 72.4 cm³/mol. The standard InChI is InChI=1S/C13H15N3S/c1-11-2-4-12(5-3-11)15-8-9-17-13-10-14-6-7-16-13/h2-7,10,15H,8-9H2,1H3. The number of rotatable bonds is 5. The van der Waals surface area contributed by atoms with Crippen molar-refractivity contribution in [3.8, 4) is 0 Å². The third kappa shape index (κ3) is 4.07. The Kier molecular flexibility index (Phi) is 4.38. The van der Waals surface area contributed by atoms with Crippen molar-refractivity contribution in [1.82, 2.24) is 9.97 Å². The van der Waals surface area contributed by atoms with E-state index in [2.05, 4.69) is 46.5 Å². The first-order chi connectivity index (χ1) is 8.34. The van der Waals surface area contributed by atoms with Gasteiger partial charge >= 0.3 is 0 Å². The van der Waals surface area contributed by atoms with Crippen molar-refractivity contribution in [2.75, 3.05) is 17.6 Å². The van der Waals surface area contributed by atoms with E-state index in [-0.39, 0.29) is 0 Å². The topological polar surface area (TPSA) is 37.8 Å². The van der Waals surface area contributed by atoms with Gasteiger partial charge in [0.05, 0.1) is 6.20 Å². The highest BCUT2D eigenvalue weighted by Gasteiger charge is 1.95. The van der Waals surface area contributed by atoms with Gasteiger partial charge in [0.1, 0.15) is 5.03 Å². The molecule has 1 aromatic carbocycles. The van der Waals surface area contributed by atoms with Crippen LogP contribution >= 0.6 is 11.8 Å². The zero-order chi connectivity index (χ0) is 11.9. The molecule has 1 N–H and O–H groups in total. The van der Waals surface area contributed by atoms with E-state index >= 15 is 0 Å². The molecule has 4 heteroatoms. The lowest BCUT2D eigenvalue weighted by atomic mass is 10.2. The van der Waals surface area contributed by atoms with E-state index in [1.54, 1.807) is 30.4 Å². The van der Waals surface area contributed by atoms with Crippen LogP contribution in [0.15, 0.2) is 47.9 Å². The van der Waals surface area contributed by atoms with E-state index < -0.39 is 0 Å². The molecule has 2 rings (SSSR count). The molecule has 0 saturated carbocycles. The van der Waals surface area contributed by atoms with Gasteiger partial charge in [-0.05, 0) is 19.1 Å². The Balaban J connectivity index is 1.71. The lowest BCUT2D eigenvalue weighted by Gasteiger charge is -2.05. The van der Waals surface area contributed by atoms with Crippen LogP contribution in [0.2, 0.25) is 0 Å². The quantitative estimate of drug-likeness (QED) is 0.649. The summed E-state index contributed by atoms with van der Waals surface area (Å²) in [6.45, 7) is 3.01. The Hall–Kier alpha value is -1.55. The lowest BCUT2D eigenvalue weighted by Crippen LogP contribution is -2.03. The largest absolute Gasteiger partial charge is 0.384 e. The smallest absolute Gasteiger partial charge is 0.114 e. The van der Waals surface area contributed by atoms with Crippen LogP contribution in [0.3, 0.4) is 0 Å². The van der Waals surface area contributed by atoms with E-state index in [9.17, 15) is 0 Å². The molecule has 0 atom stereocenters. The number of aromatic nitrogens is 2. The van der Waals surface area contributed by atoms with Gasteiger partial charge in [0.25, 0.3) is 0 Å². The minimum Gasteiger partial charge on any atom is -0.384 e. The van der Waals surface area contributed by atoms with Crippen molar-refractivity contribution < 1.29 is 0 Å². The first-order valence-electron chi connectivity index (χ1n) is 5.54. The van der Waals surface area contributed by atoms with Crippen LogP contribution in [0, 0.1) is 6.92 Å². The molecule has 2 aromatic rings. The van der Waals surface area contributed by atoms with Crippen LogP contribution in [0.1, 0.15) is 5.56 Å². The van der Waals surface area contributed by atoms with Crippen LogP contribution in [0.25, 0.3) is 0 Å². The summed E-state index contributed by atoms with van der Waals surface area (Å²) in [7, 11) is 0. The summed E-state index contributed by atoms with van der Waals surface area (Å²) in [5.74, 6) is 0.979. The van der Waals surface area contributed by atoms with E-state index in [4.69, 9.17) is 0 Å². The summed E-state index contributed by atoms with van der Waals surface area (Å²) in [5, 5.41) is 4.34. The van der Waals surface area contributed by atoms with Gasteiger partial charge in [-0.3, -0.25) is 4.98 Å². The third-order valence-electron chi connectivity index (χ3n) is 2.27. The van der Waals surface area contributed by atoms with Crippen LogP contribution < -0.4 is 5.32 Å². The molecule has 0 bridgehead atoms. The third-order valence-corrected chi connectivity index (χ3v) is 3.19. The number of hydrogen-bond donors (Lipinski definition) is 1. The molecular formula is C13H15N3S. The number of anilines is 1. The van der Waals surface area contributed by atoms with Gasteiger partial charge in [0.15, 0.2) is 0 Å². The van der Waals surface area contributed by atoms with Crippen LogP contribution in [-0.2, 0) is 0 Å². The molecule has 0 fully saturated rings. The maximum absolute atomic E-state index is 4.21. The zero-order valence-corrected chi connectivity index (χ0v) is 10.6. The van der Waals surface area contributed by atoms with Crippen molar-refractivity contribution in [3.05, 3.63) is 48.4 Å². The maximum Gasteiger partial charge on any atom is 0.114 e. The highest BCUT2D eigenvalue weighted by atomic mass is 32.2. The van der Waals surface area contributed by atoms with Gasteiger partial charge in [-0.1, -0.05) is 17.7 Å². The fourth-order valence-corrected chi connectivity index (χ4v) is 2.07. The number of aryl methyl sites for hydroxylation is 1. The SMILES string of the molecule is Cc1ccc(NCCSc2cnccn2)cc1. The highest BCUT2D eigenvalue weighted by molar-refractivity contribution is 7.99. The van der Waals surface area contributed by atoms with Crippen molar-refractivity contribution in [3.63, 3.8) is 0 Å². The molecular weight excluding hydrogens is 230 g/mol. The molecule has 17 heavy (non-hydrogen) atoms. The van der Waals surface area contributed by atoms with E-state index in [1.807, 2.05) is 0 Å². The second-order valence-electron chi connectivity index (χ2n) is 3.68. The lowest BCUT2D eigenvalue weighted by molar-refractivity contribution is 1.05. The molecule has 0 aliphatic carbocycles. The zero-order valence-electron chi connectivity index (χ0n) is 9.76. The molecule has 0 aliphatic rings. The van der Waals surface area contributed by atoms with Gasteiger partial charge < -0.3 is 5.32 Å². The maximum atomic E-state index is 4.21. The molecule has 0 spiro atoms. The average molecular weight is 245 g/mol. The van der Waals surface area contributed by atoms with Crippen molar-refractivity contribution in [1.29, 1.82) is 0 Å². The van der Waals surface area contributed by atoms with Crippen LogP contribution in [-0.4, -0.2) is 22.3 Å². The molecule has 0 unspecified atom stereocenters. The average Bonchev–Trinajstić information content (AvgIpc) is 2.38. The number of nitrogens with zero attached hydrogens (tertiary/aromatic N) is 2. The molecule has 0 radical (unpaired) electrons. The molecule has 88 valence electrons.